The summed E-state index contributed by atoms with van der Waals surface area (Å²) in [6.45, 7) is 0. The molecular weight excluding hydrogens is 453 g/mol. The predicted molar refractivity (Wildman–Crippen MR) is 79.4 cm³/mol. The average Bonchev–Trinajstić information content (AvgIpc) is 2.60. The molecule has 0 aliphatic carbocycles. The van der Waals surface area contributed by atoms with Crippen LogP contribution in [0.15, 0.2) is 24.5 Å². The van der Waals surface area contributed by atoms with Crippen molar-refractivity contribution >= 4 is 63.1 Å². The van der Waals surface area contributed by atoms with Crippen molar-refractivity contribution in [3.63, 3.8) is 0 Å². The summed E-state index contributed by atoms with van der Waals surface area (Å²) in [5, 5.41) is 0.597. The monoisotopic (exact) mass is 458 g/mol. The van der Waals surface area contributed by atoms with Crippen LogP contribution in [0.3, 0.4) is 0 Å². The van der Waals surface area contributed by atoms with E-state index in [9.17, 15) is 4.79 Å². The molecule has 3 nitrogen and oxygen atoms in total. The fourth-order valence-electron chi connectivity index (χ4n) is 1.30. The van der Waals surface area contributed by atoms with Crippen LogP contribution < -0.4 is 0 Å². The minimum Gasteiger partial charge on any atom is -0.298 e. The predicted octanol–water partition coefficient (Wildman–Crippen LogP) is 3.55. The fourth-order valence-corrected chi connectivity index (χ4v) is 2.38. The van der Waals surface area contributed by atoms with E-state index in [1.165, 1.54) is 0 Å². The van der Waals surface area contributed by atoms with Gasteiger partial charge in [0.15, 0.2) is 6.29 Å². The third-order valence-electron chi connectivity index (χ3n) is 2.05. The van der Waals surface area contributed by atoms with Crippen LogP contribution in [0.1, 0.15) is 10.4 Å². The van der Waals surface area contributed by atoms with Crippen LogP contribution in [0.4, 0.5) is 0 Å². The molecule has 0 radical (unpaired) electrons. The largest absolute Gasteiger partial charge is 0.298 e. The molecule has 0 fully saturated rings. The average molecular weight is 458 g/mol. The molecular formula is C10H5ClI2N2O. The number of carbonyl (C=O) groups excluding carboxylic acids is 1. The van der Waals surface area contributed by atoms with Crippen molar-refractivity contribution in [3.05, 3.63) is 42.5 Å². The van der Waals surface area contributed by atoms with Crippen LogP contribution in [0.5, 0.6) is 0 Å². The molecule has 0 atom stereocenters. The number of aromatic nitrogens is 2. The van der Waals surface area contributed by atoms with Gasteiger partial charge in [0.25, 0.3) is 0 Å². The Morgan fingerprint density at radius 2 is 2.12 bits per heavy atom. The first-order chi connectivity index (χ1) is 7.63. The van der Waals surface area contributed by atoms with Gasteiger partial charge in [-0.3, -0.25) is 9.36 Å². The quantitative estimate of drug-likeness (QED) is 0.510. The molecule has 0 bridgehead atoms. The lowest BCUT2D eigenvalue weighted by molar-refractivity contribution is 0.112. The van der Waals surface area contributed by atoms with E-state index in [0.717, 1.165) is 19.4 Å². The smallest absolute Gasteiger partial charge is 0.152 e. The second-order valence-corrected chi connectivity index (χ2v) is 5.50. The van der Waals surface area contributed by atoms with Crippen molar-refractivity contribution in [2.24, 2.45) is 0 Å². The number of hydrogen-bond donors (Lipinski definition) is 0. The van der Waals surface area contributed by atoms with Gasteiger partial charge in [-0.25, -0.2) is 4.98 Å². The molecule has 2 aromatic rings. The summed E-state index contributed by atoms with van der Waals surface area (Å²) in [6, 6.07) is 5.16. The Balaban J connectivity index is 2.67. The third-order valence-corrected chi connectivity index (χ3v) is 5.13. The van der Waals surface area contributed by atoms with Gasteiger partial charge in [0.2, 0.25) is 0 Å². The highest BCUT2D eigenvalue weighted by atomic mass is 127. The standard InChI is InChI=1S/C10H5ClI2N2O/c11-7-2-1-6(4-16)8(3-7)15-5-14-9(12)10(15)13/h1-5H. The van der Waals surface area contributed by atoms with Gasteiger partial charge in [-0.05, 0) is 63.4 Å². The Morgan fingerprint density at radius 3 is 2.69 bits per heavy atom. The van der Waals surface area contributed by atoms with Crippen LogP contribution in [0, 0.1) is 7.40 Å². The number of benzene rings is 1. The van der Waals surface area contributed by atoms with Gasteiger partial charge in [0, 0.05) is 10.6 Å². The molecule has 0 aliphatic rings. The zero-order valence-corrected chi connectivity index (χ0v) is 12.9. The van der Waals surface area contributed by atoms with Crippen LogP contribution in [-0.2, 0) is 0 Å². The van der Waals surface area contributed by atoms with Gasteiger partial charge in [-0.15, -0.1) is 0 Å². The Morgan fingerprint density at radius 1 is 1.38 bits per heavy atom. The molecule has 6 heteroatoms. The van der Waals surface area contributed by atoms with E-state index in [1.807, 2.05) is 4.57 Å². The summed E-state index contributed by atoms with van der Waals surface area (Å²) >= 11 is 10.3. The summed E-state index contributed by atoms with van der Waals surface area (Å²) in [7, 11) is 0. The maximum absolute atomic E-state index is 10.9. The lowest BCUT2D eigenvalue weighted by Gasteiger charge is -2.07. The van der Waals surface area contributed by atoms with E-state index in [-0.39, 0.29) is 0 Å². The van der Waals surface area contributed by atoms with Crippen molar-refractivity contribution < 1.29 is 4.79 Å². The molecule has 16 heavy (non-hydrogen) atoms. The molecule has 0 amide bonds. The first kappa shape index (κ1) is 12.3. The second-order valence-electron chi connectivity index (χ2n) is 3.02. The Kier molecular flexibility index (Phi) is 3.85. The lowest BCUT2D eigenvalue weighted by Crippen LogP contribution is -2.00. The van der Waals surface area contributed by atoms with Crippen LogP contribution in [0.25, 0.3) is 5.69 Å². The van der Waals surface area contributed by atoms with E-state index in [0.29, 0.717) is 10.6 Å². The normalized spacial score (nSPS) is 10.4. The number of aldehydes is 1. The number of carbonyl (C=O) groups is 1. The van der Waals surface area contributed by atoms with Crippen molar-refractivity contribution in [3.8, 4) is 5.69 Å². The van der Waals surface area contributed by atoms with Crippen LogP contribution in [0.2, 0.25) is 5.02 Å². The Labute approximate surface area is 124 Å². The summed E-state index contributed by atoms with van der Waals surface area (Å²) in [5.74, 6) is 0. The highest BCUT2D eigenvalue weighted by Gasteiger charge is 2.10. The topological polar surface area (TPSA) is 34.9 Å². The number of halogens is 3. The maximum Gasteiger partial charge on any atom is 0.152 e. The number of hydrogen-bond acceptors (Lipinski definition) is 2. The molecule has 1 heterocycles. The molecule has 2 rings (SSSR count). The Hall–Kier alpha value is -0.150. The molecule has 0 unspecified atom stereocenters. The minimum atomic E-state index is 0.594. The van der Waals surface area contributed by atoms with Crippen molar-refractivity contribution in [2.45, 2.75) is 0 Å². The van der Waals surface area contributed by atoms with Gasteiger partial charge >= 0.3 is 0 Å². The highest BCUT2D eigenvalue weighted by Crippen LogP contribution is 2.23. The van der Waals surface area contributed by atoms with Crippen molar-refractivity contribution in [2.75, 3.05) is 0 Å². The minimum absolute atomic E-state index is 0.594. The van der Waals surface area contributed by atoms with E-state index < -0.39 is 0 Å². The molecule has 0 saturated heterocycles. The lowest BCUT2D eigenvalue weighted by atomic mass is 10.2. The molecule has 0 N–H and O–H groups in total. The third kappa shape index (κ3) is 2.25. The fraction of sp³-hybridized carbons (Fsp3) is 0. The van der Waals surface area contributed by atoms with Crippen LogP contribution in [-0.4, -0.2) is 15.8 Å². The van der Waals surface area contributed by atoms with E-state index >= 15 is 0 Å². The number of imidazole rings is 1. The van der Waals surface area contributed by atoms with Crippen LogP contribution >= 0.6 is 56.8 Å². The SMILES string of the molecule is O=Cc1ccc(Cl)cc1-n1cnc(I)c1I. The van der Waals surface area contributed by atoms with Gasteiger partial charge in [0.1, 0.15) is 13.7 Å². The van der Waals surface area contributed by atoms with Gasteiger partial charge in [-0.2, -0.15) is 0 Å². The summed E-state index contributed by atoms with van der Waals surface area (Å²) in [6.07, 6.45) is 2.50. The summed E-state index contributed by atoms with van der Waals surface area (Å²) in [5.41, 5.74) is 1.35. The van der Waals surface area contributed by atoms with Gasteiger partial charge in [0.05, 0.1) is 5.69 Å². The molecule has 0 spiro atoms. The molecule has 1 aromatic carbocycles. The first-order valence-corrected chi connectivity index (χ1v) is 6.80. The molecule has 82 valence electrons. The molecule has 0 aliphatic heterocycles. The number of nitrogens with zero attached hydrogens (tertiary/aromatic N) is 2. The zero-order valence-electron chi connectivity index (χ0n) is 7.82. The summed E-state index contributed by atoms with van der Waals surface area (Å²) < 4.78 is 3.70. The first-order valence-electron chi connectivity index (χ1n) is 4.27. The number of rotatable bonds is 2. The van der Waals surface area contributed by atoms with E-state index in [4.69, 9.17) is 11.6 Å². The van der Waals surface area contributed by atoms with Crippen molar-refractivity contribution in [1.29, 1.82) is 0 Å². The molecule has 0 saturated carbocycles. The second kappa shape index (κ2) is 5.01. The summed E-state index contributed by atoms with van der Waals surface area (Å²) in [4.78, 5) is 15.1. The zero-order chi connectivity index (χ0) is 11.7. The highest BCUT2D eigenvalue weighted by molar-refractivity contribution is 14.1. The maximum atomic E-state index is 10.9. The van der Waals surface area contributed by atoms with E-state index in [1.54, 1.807) is 24.5 Å². The van der Waals surface area contributed by atoms with Gasteiger partial charge in [-0.1, -0.05) is 11.6 Å². The molecule has 1 aromatic heterocycles. The van der Waals surface area contributed by atoms with Crippen molar-refractivity contribution in [1.82, 2.24) is 9.55 Å². The van der Waals surface area contributed by atoms with E-state index in [2.05, 4.69) is 50.2 Å². The van der Waals surface area contributed by atoms with Gasteiger partial charge < -0.3 is 0 Å². The Bertz CT molecular complexity index is 554.